The van der Waals surface area contributed by atoms with Crippen LogP contribution in [0.15, 0.2) is 12.1 Å². The first-order valence-electron chi connectivity index (χ1n) is 10.8. The molecule has 2 amide bonds. The molecule has 2 fully saturated rings. The van der Waals surface area contributed by atoms with Gasteiger partial charge in [0.05, 0.1) is 27.4 Å². The summed E-state index contributed by atoms with van der Waals surface area (Å²) in [6.45, 7) is 4.49. The third kappa shape index (κ3) is 5.80. The quantitative estimate of drug-likeness (QED) is 0.623. The lowest BCUT2D eigenvalue weighted by Crippen LogP contribution is -2.47. The van der Waals surface area contributed by atoms with Crippen molar-refractivity contribution in [3.8, 4) is 17.2 Å². The second kappa shape index (κ2) is 11.2. The van der Waals surface area contributed by atoms with Crippen LogP contribution < -0.4 is 19.5 Å². The molecule has 2 saturated heterocycles. The number of hydrogen-bond acceptors (Lipinski definition) is 7. The van der Waals surface area contributed by atoms with Crippen molar-refractivity contribution in [2.75, 3.05) is 67.2 Å². The number of nitrogens with zero attached hydrogens (tertiary/aromatic N) is 2. The van der Waals surface area contributed by atoms with Crippen molar-refractivity contribution in [3.05, 3.63) is 17.7 Å². The Bertz CT molecular complexity index is 735. The molecule has 0 aromatic heterocycles. The van der Waals surface area contributed by atoms with Crippen LogP contribution in [0.4, 0.5) is 0 Å². The molecule has 2 heterocycles. The molecule has 31 heavy (non-hydrogen) atoms. The van der Waals surface area contributed by atoms with E-state index in [1.807, 2.05) is 4.90 Å². The molecule has 2 aliphatic rings. The number of hydrogen-bond donors (Lipinski definition) is 1. The van der Waals surface area contributed by atoms with Gasteiger partial charge in [-0.15, -0.1) is 0 Å². The second-order valence-electron chi connectivity index (χ2n) is 7.68. The zero-order chi connectivity index (χ0) is 22.2. The number of ether oxygens (including phenoxy) is 4. The lowest BCUT2D eigenvalue weighted by Gasteiger charge is -2.30. The lowest BCUT2D eigenvalue weighted by molar-refractivity contribution is -0.132. The summed E-state index contributed by atoms with van der Waals surface area (Å²) >= 11 is 0. The van der Waals surface area contributed by atoms with E-state index in [9.17, 15) is 9.59 Å². The standard InChI is InChI=1S/C22H33N3O6/c1-28-18-13-16(14-19(29-2)21(18)30-3)22(27)25(15-17-5-4-12-31-17)9-6-20(26)24-10-7-23-8-11-24/h13-14,17,23H,4-12,15H2,1-3H3/t17-/m1/s1. The molecular formula is C22H33N3O6. The molecule has 1 N–H and O–H groups in total. The number of benzene rings is 1. The second-order valence-corrected chi connectivity index (χ2v) is 7.68. The maximum Gasteiger partial charge on any atom is 0.254 e. The summed E-state index contributed by atoms with van der Waals surface area (Å²) in [6.07, 6.45) is 2.16. The summed E-state index contributed by atoms with van der Waals surface area (Å²) in [5.41, 5.74) is 0.419. The van der Waals surface area contributed by atoms with Crippen LogP contribution in [-0.4, -0.2) is 94.9 Å². The third-order valence-corrected chi connectivity index (χ3v) is 5.71. The number of amides is 2. The van der Waals surface area contributed by atoms with Gasteiger partial charge in [0.25, 0.3) is 5.91 Å². The van der Waals surface area contributed by atoms with Gasteiger partial charge in [-0.3, -0.25) is 9.59 Å². The molecule has 172 valence electrons. The normalized spacial score (nSPS) is 18.5. The molecule has 0 bridgehead atoms. The van der Waals surface area contributed by atoms with Gasteiger partial charge in [-0.05, 0) is 25.0 Å². The van der Waals surface area contributed by atoms with Crippen molar-refractivity contribution >= 4 is 11.8 Å². The number of carbonyl (C=O) groups excluding carboxylic acids is 2. The summed E-state index contributed by atoms with van der Waals surface area (Å²) in [5, 5.41) is 3.24. The average molecular weight is 436 g/mol. The van der Waals surface area contributed by atoms with Gasteiger partial charge in [0.2, 0.25) is 11.7 Å². The van der Waals surface area contributed by atoms with Gasteiger partial charge in [0.15, 0.2) is 11.5 Å². The lowest BCUT2D eigenvalue weighted by atomic mass is 10.1. The number of rotatable bonds is 9. The molecule has 0 spiro atoms. The van der Waals surface area contributed by atoms with Crippen molar-refractivity contribution in [1.29, 1.82) is 0 Å². The van der Waals surface area contributed by atoms with Gasteiger partial charge in [-0.2, -0.15) is 0 Å². The maximum atomic E-state index is 13.4. The molecule has 2 aliphatic heterocycles. The third-order valence-electron chi connectivity index (χ3n) is 5.71. The molecule has 9 nitrogen and oxygen atoms in total. The van der Waals surface area contributed by atoms with E-state index in [0.29, 0.717) is 55.6 Å². The highest BCUT2D eigenvalue weighted by Crippen LogP contribution is 2.38. The van der Waals surface area contributed by atoms with Gasteiger partial charge in [0, 0.05) is 57.9 Å². The SMILES string of the molecule is COc1cc(C(=O)N(CCC(=O)N2CCNCC2)C[C@H]2CCCO2)cc(OC)c1OC. The molecule has 3 rings (SSSR count). The Balaban J connectivity index is 1.77. The van der Waals surface area contributed by atoms with Crippen molar-refractivity contribution in [1.82, 2.24) is 15.1 Å². The molecule has 0 aliphatic carbocycles. The van der Waals surface area contributed by atoms with Crippen LogP contribution in [0.1, 0.15) is 29.6 Å². The first-order valence-corrected chi connectivity index (χ1v) is 10.8. The molecule has 1 aromatic carbocycles. The molecule has 0 radical (unpaired) electrons. The largest absolute Gasteiger partial charge is 0.493 e. The fraction of sp³-hybridized carbons (Fsp3) is 0.636. The Hall–Kier alpha value is -2.52. The van der Waals surface area contributed by atoms with Crippen LogP contribution in [0.5, 0.6) is 17.2 Å². The fourth-order valence-corrected chi connectivity index (χ4v) is 4.00. The fourth-order valence-electron chi connectivity index (χ4n) is 4.00. The van der Waals surface area contributed by atoms with Crippen LogP contribution >= 0.6 is 0 Å². The van der Waals surface area contributed by atoms with Gasteiger partial charge in [-0.1, -0.05) is 0 Å². The summed E-state index contributed by atoms with van der Waals surface area (Å²) < 4.78 is 21.9. The number of nitrogens with one attached hydrogen (secondary N) is 1. The summed E-state index contributed by atoms with van der Waals surface area (Å²) in [7, 11) is 4.55. The summed E-state index contributed by atoms with van der Waals surface area (Å²) in [5.74, 6) is 1.14. The average Bonchev–Trinajstić information content (AvgIpc) is 3.33. The molecule has 1 aromatic rings. The monoisotopic (exact) mass is 435 g/mol. The Kier molecular flexibility index (Phi) is 8.36. The van der Waals surface area contributed by atoms with E-state index in [-0.39, 0.29) is 24.3 Å². The minimum absolute atomic E-state index is 0.0136. The highest BCUT2D eigenvalue weighted by atomic mass is 16.5. The summed E-state index contributed by atoms with van der Waals surface area (Å²) in [4.78, 5) is 29.7. The van der Waals surface area contributed by atoms with Crippen LogP contribution in [0.2, 0.25) is 0 Å². The molecule has 9 heteroatoms. The number of carbonyl (C=O) groups is 2. The predicted octanol–water partition coefficient (Wildman–Crippen LogP) is 1.16. The van der Waals surface area contributed by atoms with Crippen LogP contribution in [0.3, 0.4) is 0 Å². The van der Waals surface area contributed by atoms with Crippen LogP contribution in [0, 0.1) is 0 Å². The predicted molar refractivity (Wildman–Crippen MR) is 115 cm³/mol. The zero-order valence-corrected chi connectivity index (χ0v) is 18.6. The van der Waals surface area contributed by atoms with Crippen molar-refractivity contribution in [3.63, 3.8) is 0 Å². The molecule has 1 atom stereocenters. The van der Waals surface area contributed by atoms with Gasteiger partial charge < -0.3 is 34.1 Å². The van der Waals surface area contributed by atoms with Gasteiger partial charge >= 0.3 is 0 Å². The first-order chi connectivity index (χ1) is 15.1. The van der Waals surface area contributed by atoms with Crippen molar-refractivity contribution < 1.29 is 28.5 Å². The molecule has 0 saturated carbocycles. The van der Waals surface area contributed by atoms with Gasteiger partial charge in [0.1, 0.15) is 0 Å². The van der Waals surface area contributed by atoms with Crippen LogP contribution in [-0.2, 0) is 9.53 Å². The first kappa shape index (κ1) is 23.1. The van der Waals surface area contributed by atoms with E-state index in [2.05, 4.69) is 5.32 Å². The van der Waals surface area contributed by atoms with E-state index in [1.54, 1.807) is 17.0 Å². The Morgan fingerprint density at radius 1 is 1.13 bits per heavy atom. The highest BCUT2D eigenvalue weighted by molar-refractivity contribution is 5.96. The van der Waals surface area contributed by atoms with Crippen molar-refractivity contribution in [2.24, 2.45) is 0 Å². The van der Waals surface area contributed by atoms with E-state index in [4.69, 9.17) is 18.9 Å². The van der Waals surface area contributed by atoms with Gasteiger partial charge in [-0.25, -0.2) is 0 Å². The maximum absolute atomic E-state index is 13.4. The summed E-state index contributed by atoms with van der Waals surface area (Å²) in [6, 6.07) is 3.29. The Morgan fingerprint density at radius 2 is 1.81 bits per heavy atom. The zero-order valence-electron chi connectivity index (χ0n) is 18.6. The van der Waals surface area contributed by atoms with E-state index < -0.39 is 0 Å². The minimum Gasteiger partial charge on any atom is -0.493 e. The van der Waals surface area contributed by atoms with Crippen molar-refractivity contribution in [2.45, 2.75) is 25.4 Å². The van der Waals surface area contributed by atoms with E-state index in [0.717, 1.165) is 25.9 Å². The number of methoxy groups -OCH3 is 3. The smallest absolute Gasteiger partial charge is 0.254 e. The van der Waals surface area contributed by atoms with Crippen LogP contribution in [0.25, 0.3) is 0 Å². The Morgan fingerprint density at radius 3 is 2.35 bits per heavy atom. The molecular weight excluding hydrogens is 402 g/mol. The van der Waals surface area contributed by atoms with E-state index >= 15 is 0 Å². The topological polar surface area (TPSA) is 89.6 Å². The Labute approximate surface area is 183 Å². The van der Waals surface area contributed by atoms with E-state index in [1.165, 1.54) is 21.3 Å². The minimum atomic E-state index is -0.192. The molecule has 0 unspecified atom stereocenters. The number of piperazine rings is 1. The highest BCUT2D eigenvalue weighted by Gasteiger charge is 2.27.